The van der Waals surface area contributed by atoms with E-state index in [0.29, 0.717) is 34.0 Å². The zero-order chi connectivity index (χ0) is 19.5. The van der Waals surface area contributed by atoms with Crippen molar-refractivity contribution in [2.75, 3.05) is 14.1 Å². The molecular formula is C21H26NO4S2+. The lowest BCUT2D eigenvalue weighted by Gasteiger charge is -2.54. The quantitative estimate of drug-likeness (QED) is 0.469. The first-order valence-electron chi connectivity index (χ1n) is 9.91. The maximum absolute atomic E-state index is 13.3. The number of nitrogens with zero attached hydrogens (tertiary/aromatic N) is 1. The smallest absolute Gasteiger partial charge is 0.349 e. The van der Waals surface area contributed by atoms with E-state index in [1.54, 1.807) is 12.1 Å². The Morgan fingerprint density at radius 2 is 1.86 bits per heavy atom. The normalized spacial score (nSPS) is 33.6. The highest BCUT2D eigenvalue weighted by Gasteiger charge is 2.62. The highest BCUT2D eigenvalue weighted by molar-refractivity contribution is 7.12. The van der Waals surface area contributed by atoms with Gasteiger partial charge in [-0.3, -0.25) is 0 Å². The fraction of sp³-hybridized carbons (Fsp3) is 0.571. The van der Waals surface area contributed by atoms with Crippen LogP contribution in [0.15, 0.2) is 35.0 Å². The number of thiophene rings is 2. The zero-order valence-electron chi connectivity index (χ0n) is 16.1. The fourth-order valence-electron chi connectivity index (χ4n) is 4.97. The van der Waals surface area contributed by atoms with Crippen molar-refractivity contribution in [2.45, 2.75) is 61.7 Å². The van der Waals surface area contributed by atoms with E-state index in [9.17, 15) is 9.90 Å². The van der Waals surface area contributed by atoms with Gasteiger partial charge in [-0.15, -0.1) is 22.7 Å². The summed E-state index contributed by atoms with van der Waals surface area (Å²) in [5, 5.41) is 15.2. The summed E-state index contributed by atoms with van der Waals surface area (Å²) >= 11 is 2.75. The molecule has 4 fully saturated rings. The molecule has 0 spiro atoms. The number of esters is 1. The molecule has 0 aromatic carbocycles. The number of ether oxygens (including phenoxy) is 2. The van der Waals surface area contributed by atoms with Crippen LogP contribution in [0.1, 0.15) is 35.4 Å². The maximum atomic E-state index is 13.3. The summed E-state index contributed by atoms with van der Waals surface area (Å²) in [7, 11) is 4.52. The second-order valence-electron chi connectivity index (χ2n) is 8.73. The summed E-state index contributed by atoms with van der Waals surface area (Å²) < 4.78 is 12.9. The molecule has 4 aliphatic rings. The van der Waals surface area contributed by atoms with Gasteiger partial charge in [0.25, 0.3) is 0 Å². The lowest BCUT2D eigenvalue weighted by molar-refractivity contribution is -0.982. The molecule has 2 aromatic rings. The van der Waals surface area contributed by atoms with Crippen molar-refractivity contribution >= 4 is 28.6 Å². The number of hydrogen-bond donors (Lipinski definition) is 1. The van der Waals surface area contributed by atoms with E-state index >= 15 is 0 Å². The molecule has 5 atom stereocenters. The predicted molar refractivity (Wildman–Crippen MR) is 108 cm³/mol. The van der Waals surface area contributed by atoms with Crippen LogP contribution >= 0.6 is 22.7 Å². The molecule has 6 rings (SSSR count). The monoisotopic (exact) mass is 420 g/mol. The Morgan fingerprint density at radius 1 is 1.18 bits per heavy atom. The highest BCUT2D eigenvalue weighted by atomic mass is 32.1. The number of epoxide rings is 1. The molecule has 5 heterocycles. The van der Waals surface area contributed by atoms with Crippen molar-refractivity contribution in [1.82, 2.24) is 0 Å². The lowest BCUT2D eigenvalue weighted by Crippen LogP contribution is -2.69. The minimum atomic E-state index is -1.73. The number of hydrogen-bond acceptors (Lipinski definition) is 6. The Bertz CT molecular complexity index is 814. The van der Waals surface area contributed by atoms with Gasteiger partial charge in [-0.25, -0.2) is 4.79 Å². The average molecular weight is 421 g/mol. The summed E-state index contributed by atoms with van der Waals surface area (Å²) in [4.78, 5) is 14.5. The number of fused-ring (bicyclic) bond motifs is 3. The van der Waals surface area contributed by atoms with E-state index in [2.05, 4.69) is 14.1 Å². The van der Waals surface area contributed by atoms with Gasteiger partial charge in [0.1, 0.15) is 18.2 Å². The number of likely N-dealkylation sites (N-methyl/N-ethyl adjacent to an activating group) is 1. The zero-order valence-corrected chi connectivity index (χ0v) is 17.7. The van der Waals surface area contributed by atoms with Crippen LogP contribution in [-0.2, 0) is 19.9 Å². The molecule has 2 aromatic heterocycles. The molecule has 150 valence electrons. The third-order valence-electron chi connectivity index (χ3n) is 6.94. The summed E-state index contributed by atoms with van der Waals surface area (Å²) in [6.07, 6.45) is 4.17. The summed E-state index contributed by atoms with van der Waals surface area (Å²) in [6.45, 7) is 0. The number of carbonyl (C=O) groups excluding carboxylic acids is 1. The predicted octanol–water partition coefficient (Wildman–Crippen LogP) is 3.13. The summed E-state index contributed by atoms with van der Waals surface area (Å²) in [5.74, 6) is -0.559. The summed E-state index contributed by atoms with van der Waals surface area (Å²) in [5.41, 5.74) is -1.73. The van der Waals surface area contributed by atoms with E-state index in [1.807, 2.05) is 22.9 Å². The second-order valence-corrected chi connectivity index (χ2v) is 10.6. The van der Waals surface area contributed by atoms with E-state index in [4.69, 9.17) is 9.47 Å². The van der Waals surface area contributed by atoms with Crippen molar-refractivity contribution < 1.29 is 23.9 Å². The minimum absolute atomic E-state index is 0.190. The molecule has 5 nitrogen and oxygen atoms in total. The van der Waals surface area contributed by atoms with Crippen LogP contribution in [0.5, 0.6) is 0 Å². The van der Waals surface area contributed by atoms with Crippen LogP contribution in [0.2, 0.25) is 0 Å². The van der Waals surface area contributed by atoms with Gasteiger partial charge in [0.2, 0.25) is 5.60 Å². The number of aliphatic hydroxyl groups is 1. The molecule has 2 bridgehead atoms. The molecule has 3 saturated heterocycles. The van der Waals surface area contributed by atoms with Gasteiger partial charge in [-0.2, -0.15) is 0 Å². The first-order chi connectivity index (χ1) is 13.4. The van der Waals surface area contributed by atoms with E-state index in [-0.39, 0.29) is 6.10 Å². The van der Waals surface area contributed by atoms with E-state index < -0.39 is 11.6 Å². The third-order valence-corrected chi connectivity index (χ3v) is 8.90. The lowest BCUT2D eigenvalue weighted by atomic mass is 9.84. The van der Waals surface area contributed by atoms with E-state index in [0.717, 1.165) is 30.2 Å². The molecular weight excluding hydrogens is 394 g/mol. The highest BCUT2D eigenvalue weighted by Crippen LogP contribution is 2.47. The van der Waals surface area contributed by atoms with Gasteiger partial charge in [0.15, 0.2) is 0 Å². The van der Waals surface area contributed by atoms with Gasteiger partial charge in [0.05, 0.1) is 42.4 Å². The van der Waals surface area contributed by atoms with Crippen LogP contribution in [0.25, 0.3) is 0 Å². The number of quaternary nitrogens is 1. The molecule has 1 saturated carbocycles. The first-order valence-corrected chi connectivity index (χ1v) is 11.7. The van der Waals surface area contributed by atoms with Crippen LogP contribution in [0.4, 0.5) is 0 Å². The van der Waals surface area contributed by atoms with E-state index in [1.165, 1.54) is 22.7 Å². The Labute approximate surface area is 173 Å². The largest absolute Gasteiger partial charge is 0.459 e. The van der Waals surface area contributed by atoms with Crippen molar-refractivity contribution in [2.24, 2.45) is 0 Å². The number of rotatable bonds is 4. The van der Waals surface area contributed by atoms with Crippen molar-refractivity contribution in [3.8, 4) is 0 Å². The Morgan fingerprint density at radius 3 is 2.43 bits per heavy atom. The standard InChI is InChI=1S/C21H26NO4S2/c1-22(2)13-11-14(7-8-16-19(26-16)15(22)12-13)25-20(23)21(24,17-5-3-9-27-17)18-6-4-10-28-18/h3-6,9-10,13-16,19,24H,7-8,11-12H2,1-2H3/q+1/t13?,14-,15?,16?,19-/m1/s1. The van der Waals surface area contributed by atoms with Gasteiger partial charge >= 0.3 is 5.97 Å². The molecule has 3 aliphatic heterocycles. The molecule has 28 heavy (non-hydrogen) atoms. The number of carbonyl (C=O) groups is 1. The van der Waals surface area contributed by atoms with Gasteiger partial charge in [-0.1, -0.05) is 12.1 Å². The van der Waals surface area contributed by atoms with Gasteiger partial charge < -0.3 is 19.1 Å². The van der Waals surface area contributed by atoms with Gasteiger partial charge in [0, 0.05) is 6.42 Å². The fourth-order valence-corrected chi connectivity index (χ4v) is 6.68. The molecule has 0 radical (unpaired) electrons. The van der Waals surface area contributed by atoms with Crippen molar-refractivity contribution in [1.29, 1.82) is 0 Å². The van der Waals surface area contributed by atoms with Gasteiger partial charge in [-0.05, 0) is 35.7 Å². The SMILES string of the molecule is C[N+]1(C)C2CC1[C@H]1OC1CC[C@@H](OC(=O)C(O)(c1cccs1)c1cccs1)C2. The molecule has 1 aliphatic carbocycles. The molecule has 7 heteroatoms. The van der Waals surface area contributed by atoms with Crippen LogP contribution in [0.3, 0.4) is 0 Å². The Hall–Kier alpha value is -1.25. The average Bonchev–Trinajstić information content (AvgIpc) is 3.14. The second kappa shape index (κ2) is 6.64. The first kappa shape index (κ1) is 18.8. The van der Waals surface area contributed by atoms with Crippen molar-refractivity contribution in [3.05, 3.63) is 44.8 Å². The minimum Gasteiger partial charge on any atom is -0.459 e. The van der Waals surface area contributed by atoms with Crippen LogP contribution in [-0.4, -0.2) is 60.0 Å². The van der Waals surface area contributed by atoms with Crippen LogP contribution in [0, 0.1) is 0 Å². The molecule has 0 amide bonds. The van der Waals surface area contributed by atoms with Crippen LogP contribution < -0.4 is 0 Å². The Balaban J connectivity index is 1.39. The Kier molecular flexibility index (Phi) is 4.45. The maximum Gasteiger partial charge on any atom is 0.349 e. The topological polar surface area (TPSA) is 59.1 Å². The summed E-state index contributed by atoms with van der Waals surface area (Å²) in [6, 6.07) is 8.35. The molecule has 1 N–H and O–H groups in total. The molecule has 3 unspecified atom stereocenters. The third kappa shape index (κ3) is 2.87. The van der Waals surface area contributed by atoms with Crippen molar-refractivity contribution in [3.63, 3.8) is 0 Å².